The highest BCUT2D eigenvalue weighted by molar-refractivity contribution is 6.32. The average Bonchev–Trinajstić information content (AvgIpc) is 2.81. The smallest absolute Gasteiger partial charge is 0.416 e. The normalized spacial score (nSPS) is 12.4. The van der Waals surface area contributed by atoms with E-state index < -0.39 is 23.8 Å². The summed E-state index contributed by atoms with van der Waals surface area (Å²) in [7, 11) is 0. The molecule has 0 aliphatic heterocycles. The van der Waals surface area contributed by atoms with Crippen molar-refractivity contribution in [2.75, 3.05) is 0 Å². The summed E-state index contributed by atoms with van der Waals surface area (Å²) in [5.41, 5.74) is 1.86. The van der Waals surface area contributed by atoms with Gasteiger partial charge in [0.15, 0.2) is 0 Å². The number of carboxylic acid groups (broad SMARTS) is 1. The number of aromatic nitrogens is 1. The zero-order valence-electron chi connectivity index (χ0n) is 18.6. The third kappa shape index (κ3) is 6.97. The summed E-state index contributed by atoms with van der Waals surface area (Å²) in [6.45, 7) is 2.06. The molecule has 1 N–H and O–H groups in total. The molecule has 0 bridgehead atoms. The Morgan fingerprint density at radius 3 is 2.47 bits per heavy atom. The third-order valence-electron chi connectivity index (χ3n) is 5.32. The predicted octanol–water partition coefficient (Wildman–Crippen LogP) is 7.75. The molecule has 1 aromatic heterocycles. The van der Waals surface area contributed by atoms with Crippen molar-refractivity contribution >= 4 is 17.6 Å². The third-order valence-corrected chi connectivity index (χ3v) is 5.62. The van der Waals surface area contributed by atoms with Gasteiger partial charge in [-0.15, -0.1) is 0 Å². The SMILES string of the molecule is CCCCC(Oc1ccc(CCC(=O)O)cc1Cl)c1cccc(-c2ccc(C(F)(F)F)cc2)n1. The first kappa shape index (κ1) is 25.6. The Hall–Kier alpha value is -3.06. The van der Waals surface area contributed by atoms with Crippen LogP contribution in [-0.4, -0.2) is 16.1 Å². The van der Waals surface area contributed by atoms with E-state index in [2.05, 4.69) is 11.9 Å². The van der Waals surface area contributed by atoms with E-state index in [0.29, 0.717) is 40.6 Å². The van der Waals surface area contributed by atoms with Crippen LogP contribution in [0.1, 0.15) is 55.5 Å². The van der Waals surface area contributed by atoms with Crippen molar-refractivity contribution in [1.29, 1.82) is 0 Å². The van der Waals surface area contributed by atoms with Crippen molar-refractivity contribution < 1.29 is 27.8 Å². The molecule has 0 spiro atoms. The van der Waals surface area contributed by atoms with Gasteiger partial charge in [-0.1, -0.05) is 49.2 Å². The van der Waals surface area contributed by atoms with E-state index in [0.717, 1.165) is 30.5 Å². The highest BCUT2D eigenvalue weighted by atomic mass is 35.5. The number of pyridine rings is 1. The van der Waals surface area contributed by atoms with Gasteiger partial charge in [0, 0.05) is 12.0 Å². The van der Waals surface area contributed by atoms with Crippen LogP contribution < -0.4 is 4.74 Å². The van der Waals surface area contributed by atoms with Crippen molar-refractivity contribution in [3.63, 3.8) is 0 Å². The number of hydrogen-bond donors (Lipinski definition) is 1. The molecule has 3 rings (SSSR count). The van der Waals surface area contributed by atoms with Crippen LogP contribution in [-0.2, 0) is 17.4 Å². The van der Waals surface area contributed by atoms with Gasteiger partial charge in [-0.3, -0.25) is 4.79 Å². The second-order valence-electron chi connectivity index (χ2n) is 7.93. The number of unbranched alkanes of at least 4 members (excludes halogenated alkanes) is 1. The van der Waals surface area contributed by atoms with E-state index in [9.17, 15) is 18.0 Å². The molecule has 0 saturated heterocycles. The van der Waals surface area contributed by atoms with E-state index in [1.807, 2.05) is 6.07 Å². The lowest BCUT2D eigenvalue weighted by Crippen LogP contribution is -2.10. The summed E-state index contributed by atoms with van der Waals surface area (Å²) in [6.07, 6.45) is -1.92. The molecule has 0 amide bonds. The van der Waals surface area contributed by atoms with Crippen LogP contribution in [0.2, 0.25) is 5.02 Å². The molecule has 0 fully saturated rings. The Bertz CT molecular complexity index is 1120. The van der Waals surface area contributed by atoms with Gasteiger partial charge in [0.2, 0.25) is 0 Å². The summed E-state index contributed by atoms with van der Waals surface area (Å²) in [6, 6.07) is 15.5. The Kier molecular flexibility index (Phi) is 8.56. The van der Waals surface area contributed by atoms with Crippen molar-refractivity contribution in [3.8, 4) is 17.0 Å². The van der Waals surface area contributed by atoms with Crippen LogP contribution >= 0.6 is 11.6 Å². The minimum atomic E-state index is -4.39. The van der Waals surface area contributed by atoms with Crippen molar-refractivity contribution in [2.24, 2.45) is 0 Å². The van der Waals surface area contributed by atoms with Crippen molar-refractivity contribution in [3.05, 3.63) is 82.5 Å². The van der Waals surface area contributed by atoms with Gasteiger partial charge in [0.1, 0.15) is 11.9 Å². The second kappa shape index (κ2) is 11.4. The molecule has 3 aromatic rings. The van der Waals surface area contributed by atoms with Gasteiger partial charge < -0.3 is 9.84 Å². The van der Waals surface area contributed by atoms with E-state index >= 15 is 0 Å². The summed E-state index contributed by atoms with van der Waals surface area (Å²) >= 11 is 6.40. The summed E-state index contributed by atoms with van der Waals surface area (Å²) < 4.78 is 44.9. The Morgan fingerprint density at radius 1 is 1.12 bits per heavy atom. The maximum atomic E-state index is 12.9. The van der Waals surface area contributed by atoms with Crippen LogP contribution in [0.3, 0.4) is 0 Å². The molecule has 180 valence electrons. The fraction of sp³-hybridized carbons (Fsp3) is 0.308. The van der Waals surface area contributed by atoms with Gasteiger partial charge in [-0.05, 0) is 61.2 Å². The number of ether oxygens (including phenoxy) is 1. The highest BCUT2D eigenvalue weighted by Crippen LogP contribution is 2.34. The lowest BCUT2D eigenvalue weighted by atomic mass is 10.1. The first-order valence-electron chi connectivity index (χ1n) is 11.0. The highest BCUT2D eigenvalue weighted by Gasteiger charge is 2.30. The van der Waals surface area contributed by atoms with Crippen LogP contribution in [0.15, 0.2) is 60.7 Å². The van der Waals surface area contributed by atoms with E-state index in [-0.39, 0.29) is 6.42 Å². The number of aryl methyl sites for hydroxylation is 1. The van der Waals surface area contributed by atoms with Crippen LogP contribution in [0.25, 0.3) is 11.3 Å². The van der Waals surface area contributed by atoms with Crippen LogP contribution in [0.5, 0.6) is 5.75 Å². The first-order chi connectivity index (χ1) is 16.2. The summed E-state index contributed by atoms with van der Waals surface area (Å²) in [4.78, 5) is 15.5. The standard InChI is InChI=1S/C26H25ClF3NO3/c1-2-3-7-24(34-23-14-8-17(16-20(23)27)9-15-25(32)33)22-6-4-5-21(31-22)18-10-12-19(13-11-18)26(28,29)30/h4-6,8,10-14,16,24H,2-3,7,9,15H2,1H3,(H,32,33). The van der Waals surface area contributed by atoms with Gasteiger partial charge in [-0.25, -0.2) is 4.98 Å². The van der Waals surface area contributed by atoms with Crippen molar-refractivity contribution in [2.45, 2.75) is 51.3 Å². The molecule has 34 heavy (non-hydrogen) atoms. The van der Waals surface area contributed by atoms with Gasteiger partial charge in [0.05, 0.1) is 22.0 Å². The first-order valence-corrected chi connectivity index (χ1v) is 11.4. The van der Waals surface area contributed by atoms with Gasteiger partial charge in [-0.2, -0.15) is 13.2 Å². The van der Waals surface area contributed by atoms with Gasteiger partial charge >= 0.3 is 12.1 Å². The van der Waals surface area contributed by atoms with Crippen LogP contribution in [0, 0.1) is 0 Å². The molecule has 0 saturated carbocycles. The minimum absolute atomic E-state index is 0.0102. The molecular formula is C26H25ClF3NO3. The monoisotopic (exact) mass is 491 g/mol. The average molecular weight is 492 g/mol. The maximum Gasteiger partial charge on any atom is 0.416 e. The zero-order valence-corrected chi connectivity index (χ0v) is 19.4. The molecule has 1 unspecified atom stereocenters. The quantitative estimate of drug-likeness (QED) is 0.315. The molecule has 1 atom stereocenters. The molecule has 0 radical (unpaired) electrons. The lowest BCUT2D eigenvalue weighted by Gasteiger charge is -2.20. The fourth-order valence-corrected chi connectivity index (χ4v) is 3.73. The molecule has 4 nitrogen and oxygen atoms in total. The Balaban J connectivity index is 1.84. The molecule has 0 aliphatic carbocycles. The van der Waals surface area contributed by atoms with Gasteiger partial charge in [0.25, 0.3) is 0 Å². The molecular weight excluding hydrogens is 467 g/mol. The van der Waals surface area contributed by atoms with E-state index in [4.69, 9.17) is 21.4 Å². The molecule has 1 heterocycles. The maximum absolute atomic E-state index is 12.9. The number of nitrogens with zero attached hydrogens (tertiary/aromatic N) is 1. The lowest BCUT2D eigenvalue weighted by molar-refractivity contribution is -0.138. The fourth-order valence-electron chi connectivity index (χ4n) is 3.48. The number of benzene rings is 2. The number of carboxylic acids is 1. The summed E-state index contributed by atoms with van der Waals surface area (Å²) in [5, 5.41) is 9.24. The van der Waals surface area contributed by atoms with E-state index in [1.165, 1.54) is 12.1 Å². The van der Waals surface area contributed by atoms with Crippen molar-refractivity contribution in [1.82, 2.24) is 4.98 Å². The predicted molar refractivity (Wildman–Crippen MR) is 125 cm³/mol. The zero-order chi connectivity index (χ0) is 24.7. The Morgan fingerprint density at radius 2 is 1.85 bits per heavy atom. The topological polar surface area (TPSA) is 59.4 Å². The number of aliphatic carboxylic acids is 1. The minimum Gasteiger partial charge on any atom is -0.483 e. The Labute approximate surface area is 201 Å². The largest absolute Gasteiger partial charge is 0.483 e. The van der Waals surface area contributed by atoms with Crippen LogP contribution in [0.4, 0.5) is 13.2 Å². The molecule has 8 heteroatoms. The number of carbonyl (C=O) groups is 1. The van der Waals surface area contributed by atoms with E-state index in [1.54, 1.807) is 30.3 Å². The number of halogens is 4. The number of rotatable bonds is 10. The summed E-state index contributed by atoms with van der Waals surface area (Å²) in [5.74, 6) is -0.418. The number of alkyl halides is 3. The second-order valence-corrected chi connectivity index (χ2v) is 8.34. The molecule has 2 aromatic carbocycles. The number of hydrogen-bond acceptors (Lipinski definition) is 3. The molecule has 0 aliphatic rings.